The molecule has 0 aliphatic carbocycles. The van der Waals surface area contributed by atoms with Crippen LogP contribution in [0.15, 0.2) is 34.8 Å². The Labute approximate surface area is 175 Å². The molecule has 0 aliphatic heterocycles. The molecule has 2 aromatic carbocycles. The molecule has 2 rings (SSSR count). The third-order valence-electron chi connectivity index (χ3n) is 3.37. The van der Waals surface area contributed by atoms with Gasteiger partial charge in [-0.25, -0.2) is 0 Å². The molecule has 2 amide bonds. The third kappa shape index (κ3) is 6.61. The molecule has 0 heterocycles. The molecule has 0 spiro atoms. The minimum atomic E-state index is -0.525. The Morgan fingerprint density at radius 1 is 0.963 bits per heavy atom. The van der Waals surface area contributed by atoms with Gasteiger partial charge in [-0.15, -0.1) is 0 Å². The van der Waals surface area contributed by atoms with Gasteiger partial charge < -0.3 is 9.47 Å². The van der Waals surface area contributed by atoms with Crippen molar-refractivity contribution in [1.82, 2.24) is 10.9 Å². The Morgan fingerprint density at radius 2 is 1.52 bits per heavy atom. The molecule has 0 aromatic heterocycles. The number of hydrogen-bond donors (Lipinski definition) is 2. The van der Waals surface area contributed by atoms with E-state index in [1.807, 2.05) is 13.8 Å². The first-order chi connectivity index (χ1) is 12.8. The minimum Gasteiger partial charge on any atom is -0.484 e. The lowest BCUT2D eigenvalue weighted by Crippen LogP contribution is -2.45. The van der Waals surface area contributed by atoms with Crippen LogP contribution in [-0.2, 0) is 9.59 Å². The Kier molecular flexibility index (Phi) is 7.77. The van der Waals surface area contributed by atoms with E-state index in [2.05, 4.69) is 26.8 Å². The van der Waals surface area contributed by atoms with Gasteiger partial charge in [0, 0.05) is 10.0 Å². The van der Waals surface area contributed by atoms with Gasteiger partial charge in [-0.1, -0.05) is 23.2 Å². The van der Waals surface area contributed by atoms with Gasteiger partial charge in [0.25, 0.3) is 11.8 Å². The minimum absolute atomic E-state index is 0.260. The third-order valence-corrected chi connectivity index (χ3v) is 4.82. The molecule has 6 nitrogen and oxygen atoms in total. The van der Waals surface area contributed by atoms with Gasteiger partial charge in [-0.2, -0.15) is 0 Å². The zero-order valence-corrected chi connectivity index (χ0v) is 17.7. The molecule has 0 atom stereocenters. The lowest BCUT2D eigenvalue weighted by molar-refractivity contribution is -0.131. The molecule has 0 bridgehead atoms. The maximum absolute atomic E-state index is 11.8. The lowest BCUT2D eigenvalue weighted by Gasteiger charge is -2.11. The zero-order chi connectivity index (χ0) is 20.0. The molecule has 144 valence electrons. The van der Waals surface area contributed by atoms with Crippen LogP contribution in [0.1, 0.15) is 11.1 Å². The standard InChI is InChI=1S/C18H17BrCl2N2O4/c1-10-5-13(6-11(2)18(10)21)26-8-16(24)22-23-17(25)9-27-15-4-3-12(20)7-14(15)19/h3-7H,8-9H2,1-2H3,(H,22,24)(H,23,25). The molecule has 27 heavy (non-hydrogen) atoms. The van der Waals surface area contributed by atoms with E-state index < -0.39 is 11.8 Å². The second kappa shape index (κ2) is 9.82. The smallest absolute Gasteiger partial charge is 0.276 e. The van der Waals surface area contributed by atoms with Gasteiger partial charge >= 0.3 is 0 Å². The fourth-order valence-electron chi connectivity index (χ4n) is 2.09. The molecule has 2 N–H and O–H groups in total. The highest BCUT2D eigenvalue weighted by Gasteiger charge is 2.09. The van der Waals surface area contributed by atoms with Crippen LogP contribution in [0.3, 0.4) is 0 Å². The maximum atomic E-state index is 11.8. The van der Waals surface area contributed by atoms with Crippen molar-refractivity contribution in [3.05, 3.63) is 56.0 Å². The number of halogens is 3. The van der Waals surface area contributed by atoms with Crippen molar-refractivity contribution in [2.24, 2.45) is 0 Å². The Morgan fingerprint density at radius 3 is 2.07 bits per heavy atom. The van der Waals surface area contributed by atoms with Crippen molar-refractivity contribution in [3.8, 4) is 11.5 Å². The first-order valence-corrected chi connectivity index (χ1v) is 9.36. The Balaban J connectivity index is 1.74. The number of ether oxygens (including phenoxy) is 2. The van der Waals surface area contributed by atoms with Gasteiger partial charge in [0.05, 0.1) is 4.47 Å². The van der Waals surface area contributed by atoms with E-state index >= 15 is 0 Å². The second-order valence-electron chi connectivity index (χ2n) is 5.62. The van der Waals surface area contributed by atoms with Crippen molar-refractivity contribution in [2.45, 2.75) is 13.8 Å². The predicted molar refractivity (Wildman–Crippen MR) is 107 cm³/mol. The van der Waals surface area contributed by atoms with E-state index in [-0.39, 0.29) is 13.2 Å². The fraction of sp³-hybridized carbons (Fsp3) is 0.222. The second-order valence-corrected chi connectivity index (χ2v) is 7.29. The summed E-state index contributed by atoms with van der Waals surface area (Å²) < 4.78 is 11.4. The number of aryl methyl sites for hydroxylation is 2. The average molecular weight is 476 g/mol. The molecule has 9 heteroatoms. The van der Waals surface area contributed by atoms with Crippen LogP contribution < -0.4 is 20.3 Å². The average Bonchev–Trinajstić information content (AvgIpc) is 2.61. The SMILES string of the molecule is Cc1cc(OCC(=O)NNC(=O)COc2ccc(Cl)cc2Br)cc(C)c1Cl. The number of hydrogen-bond acceptors (Lipinski definition) is 4. The number of carbonyl (C=O) groups is 2. The Hall–Kier alpha value is -1.96. The van der Waals surface area contributed by atoms with Crippen LogP contribution in [0.4, 0.5) is 0 Å². The highest BCUT2D eigenvalue weighted by Crippen LogP contribution is 2.28. The molecule has 0 radical (unpaired) electrons. The normalized spacial score (nSPS) is 10.3. The highest BCUT2D eigenvalue weighted by atomic mass is 79.9. The molecule has 0 unspecified atom stereocenters. The summed E-state index contributed by atoms with van der Waals surface area (Å²) in [6.07, 6.45) is 0. The fourth-order valence-corrected chi connectivity index (χ4v) is 2.99. The maximum Gasteiger partial charge on any atom is 0.276 e. The van der Waals surface area contributed by atoms with Crippen molar-refractivity contribution in [1.29, 1.82) is 0 Å². The molecule has 0 fully saturated rings. The highest BCUT2D eigenvalue weighted by molar-refractivity contribution is 9.10. The monoisotopic (exact) mass is 474 g/mol. The molecule has 0 aliphatic rings. The van der Waals surface area contributed by atoms with Crippen LogP contribution in [0.25, 0.3) is 0 Å². The molecule has 0 saturated heterocycles. The molecule has 0 saturated carbocycles. The van der Waals surface area contributed by atoms with E-state index in [9.17, 15) is 9.59 Å². The summed E-state index contributed by atoms with van der Waals surface area (Å²) in [6, 6.07) is 8.38. The van der Waals surface area contributed by atoms with Gasteiger partial charge in [0.15, 0.2) is 13.2 Å². The number of benzene rings is 2. The van der Waals surface area contributed by atoms with Crippen molar-refractivity contribution >= 4 is 50.9 Å². The van der Waals surface area contributed by atoms with Crippen molar-refractivity contribution in [2.75, 3.05) is 13.2 Å². The summed E-state index contributed by atoms with van der Waals surface area (Å²) in [5.41, 5.74) is 6.20. The van der Waals surface area contributed by atoms with Crippen LogP contribution in [0.5, 0.6) is 11.5 Å². The number of nitrogens with one attached hydrogen (secondary N) is 2. The number of amides is 2. The van der Waals surface area contributed by atoms with E-state index in [4.69, 9.17) is 32.7 Å². The quantitative estimate of drug-likeness (QED) is 0.619. The van der Waals surface area contributed by atoms with Crippen LogP contribution in [0, 0.1) is 13.8 Å². The van der Waals surface area contributed by atoms with Gasteiger partial charge in [-0.3, -0.25) is 20.4 Å². The van der Waals surface area contributed by atoms with E-state index in [1.54, 1.807) is 30.3 Å². The first kappa shape index (κ1) is 21.3. The van der Waals surface area contributed by atoms with E-state index in [0.717, 1.165) is 11.1 Å². The Bertz CT molecular complexity index is 838. The van der Waals surface area contributed by atoms with Crippen LogP contribution >= 0.6 is 39.1 Å². The summed E-state index contributed by atoms with van der Waals surface area (Å²) >= 11 is 15.2. The topological polar surface area (TPSA) is 76.7 Å². The lowest BCUT2D eigenvalue weighted by atomic mass is 10.1. The van der Waals surface area contributed by atoms with Gasteiger partial charge in [0.1, 0.15) is 11.5 Å². The molecule has 2 aromatic rings. The van der Waals surface area contributed by atoms with E-state index in [0.29, 0.717) is 26.0 Å². The number of carbonyl (C=O) groups excluding carboxylic acids is 2. The molecular weight excluding hydrogens is 459 g/mol. The number of rotatable bonds is 6. The van der Waals surface area contributed by atoms with Crippen LogP contribution in [0.2, 0.25) is 10.0 Å². The van der Waals surface area contributed by atoms with Gasteiger partial charge in [0.2, 0.25) is 0 Å². The van der Waals surface area contributed by atoms with Crippen molar-refractivity contribution < 1.29 is 19.1 Å². The largest absolute Gasteiger partial charge is 0.484 e. The summed E-state index contributed by atoms with van der Waals surface area (Å²) in [6.45, 7) is 3.16. The van der Waals surface area contributed by atoms with Gasteiger partial charge in [-0.05, 0) is 71.2 Å². The van der Waals surface area contributed by atoms with Crippen LogP contribution in [-0.4, -0.2) is 25.0 Å². The molecular formula is C18H17BrCl2N2O4. The summed E-state index contributed by atoms with van der Waals surface area (Å²) in [5, 5.41) is 1.20. The number of hydrazine groups is 1. The summed E-state index contributed by atoms with van der Waals surface area (Å²) in [4.78, 5) is 23.5. The zero-order valence-electron chi connectivity index (χ0n) is 14.6. The first-order valence-electron chi connectivity index (χ1n) is 7.81. The predicted octanol–water partition coefficient (Wildman–Crippen LogP) is 3.98. The summed E-state index contributed by atoms with van der Waals surface area (Å²) in [5.74, 6) is -0.0610. The van der Waals surface area contributed by atoms with E-state index in [1.165, 1.54) is 0 Å². The van der Waals surface area contributed by atoms with Crippen molar-refractivity contribution in [3.63, 3.8) is 0 Å². The summed E-state index contributed by atoms with van der Waals surface area (Å²) in [7, 11) is 0.